The lowest BCUT2D eigenvalue weighted by atomic mass is 9.76. The van der Waals surface area contributed by atoms with E-state index in [1.54, 1.807) is 16.2 Å². The van der Waals surface area contributed by atoms with E-state index in [2.05, 4.69) is 22.4 Å². The molecule has 3 unspecified atom stereocenters. The van der Waals surface area contributed by atoms with Crippen molar-refractivity contribution in [3.05, 3.63) is 65.6 Å². The summed E-state index contributed by atoms with van der Waals surface area (Å²) in [6, 6.07) is 14.0. The van der Waals surface area contributed by atoms with Gasteiger partial charge in [0.2, 0.25) is 5.91 Å². The highest BCUT2D eigenvalue weighted by atomic mass is 16.6. The number of carbonyl (C=O) groups excluding carboxylic acids is 2. The molecule has 4 rings (SSSR count). The number of hydrogen-bond acceptors (Lipinski definition) is 7. The summed E-state index contributed by atoms with van der Waals surface area (Å²) in [6.45, 7) is 7.64. The van der Waals surface area contributed by atoms with Crippen LogP contribution in [0.25, 0.3) is 5.65 Å². The number of ether oxygens (including phenoxy) is 2. The topological polar surface area (TPSA) is 124 Å². The number of nitrogens with zero attached hydrogens (tertiary/aromatic N) is 4. The van der Waals surface area contributed by atoms with Crippen LogP contribution in [0, 0.1) is 11.8 Å². The van der Waals surface area contributed by atoms with Crippen molar-refractivity contribution in [2.75, 3.05) is 19.7 Å². The fourth-order valence-corrected chi connectivity index (χ4v) is 4.79. The molecule has 2 heterocycles. The summed E-state index contributed by atoms with van der Waals surface area (Å²) in [7, 11) is 0. The predicted molar refractivity (Wildman–Crippen MR) is 148 cm³/mol. The quantitative estimate of drug-likeness (QED) is 0.340. The summed E-state index contributed by atoms with van der Waals surface area (Å²) in [5.41, 5.74) is 8.11. The summed E-state index contributed by atoms with van der Waals surface area (Å²) in [6.07, 6.45) is 3.41. The van der Waals surface area contributed by atoms with Crippen LogP contribution in [-0.4, -0.2) is 57.2 Å². The first-order valence-electron chi connectivity index (χ1n) is 13.8. The smallest absolute Gasteiger partial charge is 0.410 e. The molecular weight excluding hydrogens is 496 g/mol. The van der Waals surface area contributed by atoms with E-state index in [0.29, 0.717) is 48.7 Å². The molecule has 1 aromatic carbocycles. The van der Waals surface area contributed by atoms with Gasteiger partial charge in [-0.3, -0.25) is 9.20 Å². The third-order valence-corrected chi connectivity index (χ3v) is 7.42. The Balaban J connectivity index is 1.49. The monoisotopic (exact) mass is 536 g/mol. The molecule has 0 aliphatic heterocycles. The fraction of sp³-hybridized carbons (Fsp3) is 0.517. The molecule has 10 heteroatoms. The van der Waals surface area contributed by atoms with Gasteiger partial charge >= 0.3 is 6.09 Å². The van der Waals surface area contributed by atoms with Gasteiger partial charge in [-0.1, -0.05) is 62.6 Å². The third kappa shape index (κ3) is 7.33. The van der Waals surface area contributed by atoms with Crippen molar-refractivity contribution < 1.29 is 19.1 Å². The average Bonchev–Trinajstić information content (AvgIpc) is 3.34. The minimum absolute atomic E-state index is 0.0361. The van der Waals surface area contributed by atoms with Gasteiger partial charge in [-0.15, -0.1) is 10.2 Å². The van der Waals surface area contributed by atoms with Crippen LogP contribution >= 0.6 is 0 Å². The molecular formula is C29H40N6O4. The minimum Gasteiger partial charge on any atom is -0.443 e. The predicted octanol–water partition coefficient (Wildman–Crippen LogP) is 3.85. The van der Waals surface area contributed by atoms with Crippen LogP contribution in [0.5, 0.6) is 0 Å². The molecule has 1 fully saturated rings. The second-order valence-corrected chi connectivity index (χ2v) is 10.4. The molecule has 39 heavy (non-hydrogen) atoms. The molecule has 2 amide bonds. The first kappa shape index (κ1) is 28.5. The van der Waals surface area contributed by atoms with Crippen molar-refractivity contribution in [1.82, 2.24) is 24.8 Å². The molecule has 2 aromatic heterocycles. The van der Waals surface area contributed by atoms with Crippen LogP contribution in [0.2, 0.25) is 0 Å². The van der Waals surface area contributed by atoms with Crippen molar-refractivity contribution in [1.29, 1.82) is 0 Å². The van der Waals surface area contributed by atoms with E-state index in [1.807, 2.05) is 55.5 Å². The van der Waals surface area contributed by atoms with Gasteiger partial charge in [0.15, 0.2) is 11.5 Å². The first-order valence-corrected chi connectivity index (χ1v) is 13.8. The Hall–Kier alpha value is -3.50. The number of fused-ring (bicyclic) bond motifs is 1. The van der Waals surface area contributed by atoms with Crippen LogP contribution < -0.4 is 11.1 Å². The highest BCUT2D eigenvalue weighted by Gasteiger charge is 2.28. The van der Waals surface area contributed by atoms with Crippen molar-refractivity contribution >= 4 is 17.6 Å². The Labute approximate surface area is 229 Å². The number of benzene rings is 1. The first-order chi connectivity index (χ1) is 18.9. The second kappa shape index (κ2) is 13.5. The molecule has 0 saturated heterocycles. The lowest BCUT2D eigenvalue weighted by Crippen LogP contribution is -2.42. The summed E-state index contributed by atoms with van der Waals surface area (Å²) < 4.78 is 13.5. The maximum Gasteiger partial charge on any atom is 0.410 e. The summed E-state index contributed by atoms with van der Waals surface area (Å²) in [5.74, 6) is 1.28. The zero-order chi connectivity index (χ0) is 27.8. The number of hydrogen-bond donors (Lipinski definition) is 2. The number of nitrogens with one attached hydrogen (secondary N) is 1. The Bertz CT molecular complexity index is 1230. The number of rotatable bonds is 13. The van der Waals surface area contributed by atoms with E-state index in [9.17, 15) is 9.59 Å². The maximum absolute atomic E-state index is 13.0. The number of amides is 2. The van der Waals surface area contributed by atoms with Gasteiger partial charge in [0.1, 0.15) is 12.6 Å². The lowest BCUT2D eigenvalue weighted by molar-refractivity contribution is -0.123. The van der Waals surface area contributed by atoms with Crippen LogP contribution in [0.1, 0.15) is 63.2 Å². The molecule has 3 aromatic rings. The van der Waals surface area contributed by atoms with Gasteiger partial charge in [0.25, 0.3) is 0 Å². The van der Waals surface area contributed by atoms with Crippen LogP contribution in [-0.2, 0) is 27.5 Å². The van der Waals surface area contributed by atoms with E-state index in [4.69, 9.17) is 15.2 Å². The summed E-state index contributed by atoms with van der Waals surface area (Å²) in [5, 5.41) is 11.6. The van der Waals surface area contributed by atoms with Gasteiger partial charge in [-0.05, 0) is 43.4 Å². The Morgan fingerprint density at radius 3 is 2.54 bits per heavy atom. The van der Waals surface area contributed by atoms with Gasteiger partial charge < -0.3 is 25.4 Å². The third-order valence-electron chi connectivity index (χ3n) is 7.42. The van der Waals surface area contributed by atoms with Crippen LogP contribution in [0.4, 0.5) is 4.79 Å². The Morgan fingerprint density at radius 2 is 1.87 bits per heavy atom. The van der Waals surface area contributed by atoms with E-state index < -0.39 is 12.1 Å². The standard InChI is InChI=1S/C29H40N6O4/c1-4-34(16-20(2)23-12-8-13-23)29(37)39-18-24-14-9-15-26-32-33-27(35(24)26)25(31-28(36)21(3)30)19-38-17-22-10-6-5-7-11-22/h5-7,9-11,14-15,20-21,23,25H,4,8,12-13,16-19,30H2,1-3H3,(H,31,36). The van der Waals surface area contributed by atoms with Crippen molar-refractivity contribution in [2.45, 2.75) is 65.3 Å². The number of pyridine rings is 1. The molecule has 10 nitrogen and oxygen atoms in total. The fourth-order valence-electron chi connectivity index (χ4n) is 4.79. The SMILES string of the molecule is CCN(CC(C)C1CCC1)C(=O)OCc1cccc2nnc(C(COCc3ccccc3)NC(=O)C(C)N)n12. The number of aromatic nitrogens is 3. The minimum atomic E-state index is -0.705. The van der Waals surface area contributed by atoms with Gasteiger partial charge in [0, 0.05) is 13.1 Å². The molecule has 1 saturated carbocycles. The molecule has 1 aliphatic carbocycles. The van der Waals surface area contributed by atoms with Crippen molar-refractivity contribution in [3.8, 4) is 0 Å². The summed E-state index contributed by atoms with van der Waals surface area (Å²) in [4.78, 5) is 27.3. The highest BCUT2D eigenvalue weighted by Crippen LogP contribution is 2.33. The van der Waals surface area contributed by atoms with E-state index in [1.165, 1.54) is 19.3 Å². The zero-order valence-corrected chi connectivity index (χ0v) is 23.1. The van der Waals surface area contributed by atoms with Gasteiger partial charge in [-0.25, -0.2) is 4.79 Å². The molecule has 0 radical (unpaired) electrons. The van der Waals surface area contributed by atoms with Gasteiger partial charge in [-0.2, -0.15) is 0 Å². The van der Waals surface area contributed by atoms with E-state index in [0.717, 1.165) is 5.56 Å². The Kier molecular flexibility index (Phi) is 9.89. The average molecular weight is 537 g/mol. The molecule has 3 atom stereocenters. The maximum atomic E-state index is 13.0. The highest BCUT2D eigenvalue weighted by molar-refractivity contribution is 5.81. The van der Waals surface area contributed by atoms with E-state index >= 15 is 0 Å². The van der Waals surface area contributed by atoms with Crippen LogP contribution in [0.15, 0.2) is 48.5 Å². The van der Waals surface area contributed by atoms with Gasteiger partial charge in [0.05, 0.1) is 24.9 Å². The molecule has 3 N–H and O–H groups in total. The number of nitrogens with two attached hydrogens (primary N) is 1. The van der Waals surface area contributed by atoms with Crippen LogP contribution in [0.3, 0.4) is 0 Å². The second-order valence-electron chi connectivity index (χ2n) is 10.4. The largest absolute Gasteiger partial charge is 0.443 e. The van der Waals surface area contributed by atoms with Crippen molar-refractivity contribution in [2.24, 2.45) is 17.6 Å². The van der Waals surface area contributed by atoms with Crippen molar-refractivity contribution in [3.63, 3.8) is 0 Å². The summed E-state index contributed by atoms with van der Waals surface area (Å²) >= 11 is 0. The zero-order valence-electron chi connectivity index (χ0n) is 23.1. The Morgan fingerprint density at radius 1 is 1.10 bits per heavy atom. The van der Waals surface area contributed by atoms with E-state index in [-0.39, 0.29) is 25.2 Å². The molecule has 0 bridgehead atoms. The molecule has 0 spiro atoms. The lowest BCUT2D eigenvalue weighted by Gasteiger charge is -2.34. The number of carbonyl (C=O) groups is 2. The normalized spacial score (nSPS) is 15.8. The molecule has 1 aliphatic rings. The molecule has 210 valence electrons.